The highest BCUT2D eigenvalue weighted by Gasteiger charge is 2.29. The fourth-order valence-corrected chi connectivity index (χ4v) is 2.79. The van der Waals surface area contributed by atoms with E-state index in [2.05, 4.69) is 9.71 Å². The number of aryl methyl sites for hydroxylation is 1. The van der Waals surface area contributed by atoms with E-state index in [1.54, 1.807) is 18.5 Å². The van der Waals surface area contributed by atoms with Gasteiger partial charge < -0.3 is 9.12 Å². The molecule has 0 aliphatic carbocycles. The number of aromatic nitrogens is 2. The van der Waals surface area contributed by atoms with Gasteiger partial charge in [-0.1, -0.05) is 0 Å². The first kappa shape index (κ1) is 17.0. The molecule has 2 rings (SSSR count). The SMILES string of the molecule is Cc1cn(-c2ccc(F)c(C(C)N[S+]([O-])C(C)(C)C)c2)cn1. The summed E-state index contributed by atoms with van der Waals surface area (Å²) in [7, 11) is 0. The molecule has 0 saturated heterocycles. The molecule has 0 aliphatic rings. The van der Waals surface area contributed by atoms with E-state index < -0.39 is 16.1 Å². The molecule has 0 aliphatic heterocycles. The standard InChI is InChI=1S/C16H22FN3OS/c1-11-9-20(10-18-11)13-6-7-15(17)14(8-13)12(2)19-22(21)16(3,4)5/h6-10,12,19H,1-5H3. The van der Waals surface area contributed by atoms with Crippen molar-refractivity contribution in [1.29, 1.82) is 0 Å². The van der Waals surface area contributed by atoms with E-state index in [0.29, 0.717) is 5.56 Å². The lowest BCUT2D eigenvalue weighted by Crippen LogP contribution is -2.40. The molecule has 4 nitrogen and oxygen atoms in total. The summed E-state index contributed by atoms with van der Waals surface area (Å²) in [6.07, 6.45) is 3.57. The van der Waals surface area contributed by atoms with E-state index in [-0.39, 0.29) is 11.9 Å². The third kappa shape index (κ3) is 3.88. The Bertz CT molecular complexity index is 651. The Morgan fingerprint density at radius 3 is 2.59 bits per heavy atom. The Hall–Kier alpha value is -1.37. The van der Waals surface area contributed by atoms with Crippen LogP contribution in [0.15, 0.2) is 30.7 Å². The molecule has 22 heavy (non-hydrogen) atoms. The van der Waals surface area contributed by atoms with Gasteiger partial charge in [-0.25, -0.2) is 9.37 Å². The molecular formula is C16H22FN3OS. The highest BCUT2D eigenvalue weighted by Crippen LogP contribution is 2.24. The van der Waals surface area contributed by atoms with Crippen molar-refractivity contribution in [1.82, 2.24) is 14.3 Å². The number of nitrogens with one attached hydrogen (secondary N) is 1. The van der Waals surface area contributed by atoms with Gasteiger partial charge in [0.05, 0.1) is 18.1 Å². The lowest BCUT2D eigenvalue weighted by molar-refractivity contribution is 0.522. The van der Waals surface area contributed by atoms with Crippen LogP contribution in [0.3, 0.4) is 0 Å². The smallest absolute Gasteiger partial charge is 0.136 e. The van der Waals surface area contributed by atoms with Crippen LogP contribution in [0.4, 0.5) is 4.39 Å². The zero-order valence-electron chi connectivity index (χ0n) is 13.6. The minimum absolute atomic E-state index is 0.313. The second-order valence-electron chi connectivity index (χ2n) is 6.35. The summed E-state index contributed by atoms with van der Waals surface area (Å²) < 4.78 is 30.7. The minimum atomic E-state index is -1.26. The van der Waals surface area contributed by atoms with Gasteiger partial charge in [-0.2, -0.15) is 0 Å². The zero-order valence-corrected chi connectivity index (χ0v) is 14.4. The summed E-state index contributed by atoms with van der Waals surface area (Å²) >= 11 is -1.26. The molecule has 0 saturated carbocycles. The first-order valence-corrected chi connectivity index (χ1v) is 8.32. The van der Waals surface area contributed by atoms with Crippen molar-refractivity contribution in [2.45, 2.75) is 45.4 Å². The molecule has 0 amide bonds. The van der Waals surface area contributed by atoms with Crippen molar-refractivity contribution >= 4 is 11.4 Å². The first-order valence-electron chi connectivity index (χ1n) is 7.17. The van der Waals surface area contributed by atoms with E-state index in [4.69, 9.17) is 0 Å². The van der Waals surface area contributed by atoms with Crippen molar-refractivity contribution < 1.29 is 8.94 Å². The van der Waals surface area contributed by atoms with Crippen LogP contribution in [0.25, 0.3) is 5.69 Å². The number of hydrogen-bond acceptors (Lipinski definition) is 3. The highest BCUT2D eigenvalue weighted by molar-refractivity contribution is 7.90. The van der Waals surface area contributed by atoms with Gasteiger partial charge in [-0.05, 0) is 52.8 Å². The van der Waals surface area contributed by atoms with E-state index in [9.17, 15) is 8.94 Å². The first-order chi connectivity index (χ1) is 10.2. The normalized spacial score (nSPS) is 14.9. The van der Waals surface area contributed by atoms with Gasteiger partial charge in [0.2, 0.25) is 0 Å². The van der Waals surface area contributed by atoms with Gasteiger partial charge in [-0.3, -0.25) is 0 Å². The van der Waals surface area contributed by atoms with E-state index in [0.717, 1.165) is 11.4 Å². The second kappa shape index (κ2) is 6.40. The van der Waals surface area contributed by atoms with Gasteiger partial charge in [0.15, 0.2) is 0 Å². The quantitative estimate of drug-likeness (QED) is 0.877. The predicted molar refractivity (Wildman–Crippen MR) is 87.7 cm³/mol. The van der Waals surface area contributed by atoms with Crippen LogP contribution in [0.1, 0.15) is 45.0 Å². The Morgan fingerprint density at radius 2 is 2.05 bits per heavy atom. The van der Waals surface area contributed by atoms with Crippen molar-refractivity contribution in [3.05, 3.63) is 47.8 Å². The Kier molecular flexibility index (Phi) is 4.94. The Labute approximate surface area is 134 Å². The van der Waals surface area contributed by atoms with Crippen LogP contribution in [-0.4, -0.2) is 18.9 Å². The lowest BCUT2D eigenvalue weighted by Gasteiger charge is -2.26. The van der Waals surface area contributed by atoms with Crippen molar-refractivity contribution in [2.24, 2.45) is 0 Å². The Balaban J connectivity index is 2.27. The maximum atomic E-state index is 14.1. The highest BCUT2D eigenvalue weighted by atomic mass is 32.2. The average molecular weight is 323 g/mol. The summed E-state index contributed by atoms with van der Waals surface area (Å²) in [4.78, 5) is 4.18. The van der Waals surface area contributed by atoms with E-state index >= 15 is 0 Å². The number of halogens is 1. The topological polar surface area (TPSA) is 52.9 Å². The molecule has 2 atom stereocenters. The molecule has 0 spiro atoms. The van der Waals surface area contributed by atoms with Crippen LogP contribution in [0.2, 0.25) is 0 Å². The van der Waals surface area contributed by atoms with E-state index in [1.807, 2.05) is 45.4 Å². The number of benzene rings is 1. The summed E-state index contributed by atoms with van der Waals surface area (Å²) in [6.45, 7) is 9.35. The lowest BCUT2D eigenvalue weighted by atomic mass is 10.1. The molecule has 1 aromatic heterocycles. The second-order valence-corrected chi connectivity index (χ2v) is 8.35. The average Bonchev–Trinajstić information content (AvgIpc) is 2.84. The fraction of sp³-hybridized carbons (Fsp3) is 0.438. The third-order valence-electron chi connectivity index (χ3n) is 3.30. The molecular weight excluding hydrogens is 301 g/mol. The Morgan fingerprint density at radius 1 is 1.36 bits per heavy atom. The summed E-state index contributed by atoms with van der Waals surface area (Å²) in [5.74, 6) is -0.313. The largest absolute Gasteiger partial charge is 0.598 e. The molecule has 2 unspecified atom stereocenters. The number of imidazole rings is 1. The van der Waals surface area contributed by atoms with Crippen LogP contribution in [0, 0.1) is 12.7 Å². The summed E-state index contributed by atoms with van der Waals surface area (Å²) in [5, 5.41) is 0. The monoisotopic (exact) mass is 323 g/mol. The molecule has 1 heterocycles. The van der Waals surface area contributed by atoms with E-state index in [1.165, 1.54) is 6.07 Å². The van der Waals surface area contributed by atoms with Gasteiger partial charge in [0.1, 0.15) is 10.6 Å². The van der Waals surface area contributed by atoms with Gasteiger partial charge in [0.25, 0.3) is 0 Å². The molecule has 0 fully saturated rings. The maximum absolute atomic E-state index is 14.1. The minimum Gasteiger partial charge on any atom is -0.598 e. The molecule has 0 bridgehead atoms. The maximum Gasteiger partial charge on any atom is 0.136 e. The zero-order chi connectivity index (χ0) is 16.5. The molecule has 0 radical (unpaired) electrons. The summed E-state index contributed by atoms with van der Waals surface area (Å²) in [6, 6.07) is 4.53. The number of nitrogens with zero attached hydrogens (tertiary/aromatic N) is 2. The summed E-state index contributed by atoms with van der Waals surface area (Å²) in [5.41, 5.74) is 2.21. The predicted octanol–water partition coefficient (Wildman–Crippen LogP) is 3.43. The van der Waals surface area contributed by atoms with Gasteiger partial charge >= 0.3 is 0 Å². The van der Waals surface area contributed by atoms with Crippen molar-refractivity contribution in [3.63, 3.8) is 0 Å². The number of hydrogen-bond donors (Lipinski definition) is 1. The van der Waals surface area contributed by atoms with Crippen LogP contribution >= 0.6 is 0 Å². The molecule has 1 N–H and O–H groups in total. The third-order valence-corrected chi connectivity index (χ3v) is 4.98. The fourth-order valence-electron chi connectivity index (χ4n) is 1.99. The van der Waals surface area contributed by atoms with Crippen molar-refractivity contribution in [2.75, 3.05) is 0 Å². The van der Waals surface area contributed by atoms with Crippen molar-refractivity contribution in [3.8, 4) is 5.69 Å². The van der Waals surface area contributed by atoms with Crippen LogP contribution in [0.5, 0.6) is 0 Å². The van der Waals surface area contributed by atoms with Crippen LogP contribution in [-0.2, 0) is 11.4 Å². The van der Waals surface area contributed by atoms with Crippen LogP contribution < -0.4 is 4.72 Å². The van der Waals surface area contributed by atoms with Gasteiger partial charge in [-0.15, -0.1) is 4.72 Å². The molecule has 120 valence electrons. The van der Waals surface area contributed by atoms with Gasteiger partial charge in [0, 0.05) is 28.8 Å². The molecule has 2 aromatic rings. The number of rotatable bonds is 4. The molecule has 1 aromatic carbocycles. The molecule has 6 heteroatoms.